The lowest BCUT2D eigenvalue weighted by molar-refractivity contribution is -0.0126. The van der Waals surface area contributed by atoms with Crippen molar-refractivity contribution in [1.82, 2.24) is 0 Å². The van der Waals surface area contributed by atoms with E-state index in [9.17, 15) is 0 Å². The first-order valence-corrected chi connectivity index (χ1v) is 6.71. The van der Waals surface area contributed by atoms with Crippen LogP contribution in [0.15, 0.2) is 23.4 Å². The van der Waals surface area contributed by atoms with Crippen LogP contribution in [0.4, 0.5) is 0 Å². The zero-order valence-corrected chi connectivity index (χ0v) is 13.0. The lowest BCUT2D eigenvalue weighted by atomic mass is 10.1. The van der Waals surface area contributed by atoms with Crippen LogP contribution in [0.1, 0.15) is 31.4 Å². The van der Waals surface area contributed by atoms with E-state index in [2.05, 4.69) is 5.16 Å². The second kappa shape index (κ2) is 7.85. The van der Waals surface area contributed by atoms with Crippen LogP contribution in [-0.2, 0) is 16.1 Å². The van der Waals surface area contributed by atoms with Gasteiger partial charge in [0.1, 0.15) is 5.75 Å². The highest BCUT2D eigenvalue weighted by atomic mass is 16.5. The van der Waals surface area contributed by atoms with Crippen molar-refractivity contribution in [3.8, 4) is 5.75 Å². The summed E-state index contributed by atoms with van der Waals surface area (Å²) in [4.78, 5) is 0. The van der Waals surface area contributed by atoms with Gasteiger partial charge in [0.05, 0.1) is 19.3 Å². The van der Waals surface area contributed by atoms with Gasteiger partial charge in [-0.05, 0) is 38.5 Å². The van der Waals surface area contributed by atoms with Crippen LogP contribution in [0, 0.1) is 0 Å². The molecular formula is C15H24N2O4. The maximum Gasteiger partial charge on any atom is 0.170 e. The Labute approximate surface area is 125 Å². The number of rotatable bonds is 8. The average molecular weight is 296 g/mol. The molecule has 0 aliphatic heterocycles. The zero-order valence-electron chi connectivity index (χ0n) is 13.0. The van der Waals surface area contributed by atoms with E-state index in [0.29, 0.717) is 24.5 Å². The molecule has 0 aliphatic rings. The third kappa shape index (κ3) is 5.24. The number of nitrogens with two attached hydrogens (primary N) is 1. The van der Waals surface area contributed by atoms with Crippen molar-refractivity contribution in [2.24, 2.45) is 10.9 Å². The van der Waals surface area contributed by atoms with Gasteiger partial charge in [-0.15, -0.1) is 0 Å². The predicted molar refractivity (Wildman–Crippen MR) is 80.9 cm³/mol. The summed E-state index contributed by atoms with van der Waals surface area (Å²) in [7, 11) is 3.28. The van der Waals surface area contributed by atoms with Gasteiger partial charge in [-0.2, -0.15) is 0 Å². The summed E-state index contributed by atoms with van der Waals surface area (Å²) >= 11 is 0. The van der Waals surface area contributed by atoms with E-state index in [0.717, 1.165) is 12.0 Å². The second-order valence-corrected chi connectivity index (χ2v) is 5.28. The van der Waals surface area contributed by atoms with Crippen LogP contribution in [0.25, 0.3) is 0 Å². The fraction of sp³-hybridized carbons (Fsp3) is 0.533. The smallest absolute Gasteiger partial charge is 0.170 e. The van der Waals surface area contributed by atoms with Gasteiger partial charge in [0.2, 0.25) is 0 Å². The summed E-state index contributed by atoms with van der Waals surface area (Å²) in [6.45, 7) is 4.97. The zero-order chi connectivity index (χ0) is 15.9. The first-order valence-electron chi connectivity index (χ1n) is 6.71. The summed E-state index contributed by atoms with van der Waals surface area (Å²) < 4.78 is 16.3. The van der Waals surface area contributed by atoms with Gasteiger partial charge in [0, 0.05) is 24.8 Å². The molecule has 6 nitrogen and oxygen atoms in total. The Hall–Kier alpha value is -1.79. The van der Waals surface area contributed by atoms with Gasteiger partial charge in [-0.1, -0.05) is 5.16 Å². The Balaban J connectivity index is 2.68. The monoisotopic (exact) mass is 296 g/mol. The number of oxime groups is 1. The Morgan fingerprint density at radius 1 is 1.33 bits per heavy atom. The molecular weight excluding hydrogens is 272 g/mol. The molecule has 0 saturated heterocycles. The van der Waals surface area contributed by atoms with Crippen molar-refractivity contribution in [2.45, 2.75) is 32.5 Å². The molecule has 1 rings (SSSR count). The number of ether oxygens (including phenoxy) is 3. The molecule has 0 atom stereocenters. The summed E-state index contributed by atoms with van der Waals surface area (Å²) in [6, 6.07) is 5.28. The molecule has 0 amide bonds. The molecule has 6 heteroatoms. The molecule has 0 fully saturated rings. The number of hydrogen-bond acceptors (Lipinski definition) is 5. The minimum atomic E-state index is -0.208. The van der Waals surface area contributed by atoms with Crippen LogP contribution in [0.3, 0.4) is 0 Å². The second-order valence-electron chi connectivity index (χ2n) is 5.28. The van der Waals surface area contributed by atoms with Gasteiger partial charge in [-0.25, -0.2) is 0 Å². The van der Waals surface area contributed by atoms with Crippen LogP contribution in [0.2, 0.25) is 0 Å². The number of methoxy groups -OCH3 is 2. The molecule has 0 bridgehead atoms. The highest BCUT2D eigenvalue weighted by molar-refractivity contribution is 5.97. The molecule has 0 aliphatic carbocycles. The van der Waals surface area contributed by atoms with Gasteiger partial charge < -0.3 is 25.2 Å². The van der Waals surface area contributed by atoms with E-state index in [-0.39, 0.29) is 11.4 Å². The van der Waals surface area contributed by atoms with Gasteiger partial charge in [0.15, 0.2) is 5.84 Å². The third-order valence-corrected chi connectivity index (χ3v) is 3.34. The topological polar surface area (TPSA) is 86.3 Å². The van der Waals surface area contributed by atoms with Crippen LogP contribution in [0.5, 0.6) is 5.75 Å². The Bertz CT molecular complexity index is 487. The SMILES string of the molecule is COc1ccc(/C(N)=N/O)cc1COCCC(C)(C)OC. The lowest BCUT2D eigenvalue weighted by Gasteiger charge is -2.22. The Morgan fingerprint density at radius 3 is 2.62 bits per heavy atom. The summed E-state index contributed by atoms with van der Waals surface area (Å²) in [5.41, 5.74) is 6.84. The minimum Gasteiger partial charge on any atom is -0.496 e. The fourth-order valence-corrected chi connectivity index (χ4v) is 1.71. The molecule has 0 radical (unpaired) electrons. The van der Waals surface area contributed by atoms with Crippen molar-refractivity contribution < 1.29 is 19.4 Å². The van der Waals surface area contributed by atoms with E-state index in [1.165, 1.54) is 0 Å². The van der Waals surface area contributed by atoms with E-state index in [4.69, 9.17) is 25.2 Å². The molecule has 1 aromatic carbocycles. The largest absolute Gasteiger partial charge is 0.496 e. The van der Waals surface area contributed by atoms with Crippen molar-refractivity contribution in [2.75, 3.05) is 20.8 Å². The first kappa shape index (κ1) is 17.3. The summed E-state index contributed by atoms with van der Waals surface area (Å²) in [5, 5.41) is 11.7. The molecule has 1 aromatic rings. The van der Waals surface area contributed by atoms with E-state index >= 15 is 0 Å². The van der Waals surface area contributed by atoms with E-state index in [1.54, 1.807) is 32.4 Å². The molecule has 0 aromatic heterocycles. The molecule has 21 heavy (non-hydrogen) atoms. The highest BCUT2D eigenvalue weighted by Crippen LogP contribution is 2.21. The van der Waals surface area contributed by atoms with Crippen molar-refractivity contribution in [3.63, 3.8) is 0 Å². The number of nitrogens with zero attached hydrogens (tertiary/aromatic N) is 1. The minimum absolute atomic E-state index is 0.0550. The molecule has 0 saturated carbocycles. The third-order valence-electron chi connectivity index (χ3n) is 3.34. The summed E-state index contributed by atoms with van der Waals surface area (Å²) in [5.74, 6) is 0.759. The Kier molecular flexibility index (Phi) is 6.45. The molecule has 0 spiro atoms. The van der Waals surface area contributed by atoms with Crippen molar-refractivity contribution in [3.05, 3.63) is 29.3 Å². The van der Waals surface area contributed by atoms with Gasteiger partial charge in [-0.3, -0.25) is 0 Å². The molecule has 3 N–H and O–H groups in total. The normalized spacial score (nSPS) is 12.5. The Morgan fingerprint density at radius 2 is 2.05 bits per heavy atom. The van der Waals surface area contributed by atoms with Gasteiger partial charge in [0.25, 0.3) is 0 Å². The standard InChI is InChI=1S/C15H24N2O4/c1-15(2,20-4)7-8-21-10-12-9-11(14(16)17-18)5-6-13(12)19-3/h5-6,9,18H,7-8,10H2,1-4H3,(H2,16,17). The molecule has 0 unspecified atom stereocenters. The van der Waals surface area contributed by atoms with E-state index in [1.807, 2.05) is 13.8 Å². The predicted octanol–water partition coefficient (Wildman–Crippen LogP) is 2.12. The number of amidine groups is 1. The lowest BCUT2D eigenvalue weighted by Crippen LogP contribution is -2.24. The number of hydrogen-bond donors (Lipinski definition) is 2. The fourth-order valence-electron chi connectivity index (χ4n) is 1.71. The number of benzene rings is 1. The van der Waals surface area contributed by atoms with E-state index < -0.39 is 0 Å². The quantitative estimate of drug-likeness (QED) is 0.252. The van der Waals surface area contributed by atoms with Crippen molar-refractivity contribution in [1.29, 1.82) is 0 Å². The maximum atomic E-state index is 8.72. The van der Waals surface area contributed by atoms with Crippen LogP contribution in [-0.4, -0.2) is 37.5 Å². The first-order chi connectivity index (χ1) is 9.93. The average Bonchev–Trinajstić information content (AvgIpc) is 2.50. The van der Waals surface area contributed by atoms with Crippen LogP contribution < -0.4 is 10.5 Å². The molecule has 118 valence electrons. The summed E-state index contributed by atoms with van der Waals surface area (Å²) in [6.07, 6.45) is 0.783. The van der Waals surface area contributed by atoms with Gasteiger partial charge >= 0.3 is 0 Å². The highest BCUT2D eigenvalue weighted by Gasteiger charge is 2.16. The molecule has 0 heterocycles. The maximum absolute atomic E-state index is 8.72. The van der Waals surface area contributed by atoms with Crippen LogP contribution >= 0.6 is 0 Å². The van der Waals surface area contributed by atoms with Crippen molar-refractivity contribution >= 4 is 5.84 Å².